The Morgan fingerprint density at radius 1 is 0.792 bits per heavy atom. The van der Waals surface area contributed by atoms with E-state index in [1.807, 2.05) is 0 Å². The van der Waals surface area contributed by atoms with Gasteiger partial charge < -0.3 is 15.2 Å². The Morgan fingerprint density at radius 3 is 1.58 bits per heavy atom. The van der Waals surface area contributed by atoms with Crippen molar-refractivity contribution in [1.29, 1.82) is 0 Å². The monoisotopic (exact) mass is 369 g/mol. The molecule has 0 fully saturated rings. The highest BCUT2D eigenvalue weighted by molar-refractivity contribution is 5.85. The van der Waals surface area contributed by atoms with Crippen molar-refractivity contribution in [2.24, 2.45) is 5.73 Å². The highest BCUT2D eigenvalue weighted by Gasteiger charge is 2.31. The summed E-state index contributed by atoms with van der Waals surface area (Å²) in [4.78, 5) is 0. The first-order valence-electron chi connectivity index (χ1n) is 6.40. The zero-order valence-corrected chi connectivity index (χ0v) is 12.8. The lowest BCUT2D eigenvalue weighted by Crippen LogP contribution is -2.17. The lowest BCUT2D eigenvalue weighted by atomic mass is 9.99. The normalized spacial score (nSPS) is 12.5. The molecule has 2 aromatic rings. The van der Waals surface area contributed by atoms with Crippen LogP contribution in [0.2, 0.25) is 0 Å². The number of halogens is 6. The first-order chi connectivity index (χ1) is 10.7. The van der Waals surface area contributed by atoms with Gasteiger partial charge >= 0.3 is 13.0 Å². The summed E-state index contributed by atoms with van der Waals surface area (Å²) in [6.45, 7) is -2.92. The molecule has 132 valence electrons. The van der Waals surface area contributed by atoms with E-state index >= 15 is 0 Å². The summed E-state index contributed by atoms with van der Waals surface area (Å²) in [5.41, 5.74) is 7.13. The Kier molecular flexibility index (Phi) is 6.80. The lowest BCUT2D eigenvalue weighted by Gasteiger charge is -2.14. The Morgan fingerprint density at radius 2 is 1.21 bits per heavy atom. The average molecular weight is 370 g/mol. The number of rotatable bonds is 5. The highest BCUT2D eigenvalue weighted by atomic mass is 35.5. The van der Waals surface area contributed by atoms with Crippen LogP contribution in [0.15, 0.2) is 48.5 Å². The van der Waals surface area contributed by atoms with Crippen LogP contribution in [0.1, 0.15) is 17.2 Å². The van der Waals surface area contributed by atoms with Gasteiger partial charge in [-0.2, -0.15) is 8.78 Å². The molecule has 3 nitrogen and oxygen atoms in total. The molecule has 0 aliphatic carbocycles. The van der Waals surface area contributed by atoms with E-state index in [4.69, 9.17) is 5.73 Å². The second-order valence-electron chi connectivity index (χ2n) is 4.54. The number of ether oxygens (including phenoxy) is 2. The zero-order valence-electron chi connectivity index (χ0n) is 12.0. The van der Waals surface area contributed by atoms with Gasteiger partial charge in [0.05, 0.1) is 6.04 Å². The molecule has 0 saturated carbocycles. The molecule has 0 radical (unpaired) electrons. The quantitative estimate of drug-likeness (QED) is 0.780. The van der Waals surface area contributed by atoms with E-state index in [0.717, 1.165) is 12.1 Å². The van der Waals surface area contributed by atoms with Crippen LogP contribution in [0, 0.1) is 0 Å². The summed E-state index contributed by atoms with van der Waals surface area (Å²) < 4.78 is 68.4. The van der Waals surface area contributed by atoms with Gasteiger partial charge in [0.2, 0.25) is 0 Å². The SMILES string of the molecule is Cl.N[C@@H](c1ccc(OC(F)F)cc1)c1ccc(OC(F)(F)F)cc1. The minimum atomic E-state index is -4.76. The Bertz CT molecular complexity index is 632. The molecule has 0 unspecified atom stereocenters. The van der Waals surface area contributed by atoms with Crippen molar-refractivity contribution >= 4 is 12.4 Å². The van der Waals surface area contributed by atoms with E-state index in [-0.39, 0.29) is 23.9 Å². The molecule has 0 amide bonds. The number of hydrogen-bond donors (Lipinski definition) is 1. The van der Waals surface area contributed by atoms with Crippen LogP contribution in [-0.2, 0) is 0 Å². The van der Waals surface area contributed by atoms with Crippen molar-refractivity contribution in [2.75, 3.05) is 0 Å². The van der Waals surface area contributed by atoms with Gasteiger partial charge in [-0.05, 0) is 35.4 Å². The minimum absolute atomic E-state index is 0. The van der Waals surface area contributed by atoms with E-state index < -0.39 is 19.0 Å². The van der Waals surface area contributed by atoms with Crippen molar-refractivity contribution in [1.82, 2.24) is 0 Å². The maximum atomic E-state index is 12.1. The standard InChI is InChI=1S/C15H12F5NO2.ClH/c16-14(17)22-11-5-1-9(2-6-11)13(21)10-3-7-12(8-4-10)23-15(18,19)20;/h1-8,13-14H,21H2;1H/t13-;/m0./s1. The fourth-order valence-corrected chi connectivity index (χ4v) is 1.93. The van der Waals surface area contributed by atoms with E-state index in [2.05, 4.69) is 9.47 Å². The second-order valence-corrected chi connectivity index (χ2v) is 4.54. The van der Waals surface area contributed by atoms with Crippen molar-refractivity contribution in [3.8, 4) is 11.5 Å². The van der Waals surface area contributed by atoms with E-state index in [0.29, 0.717) is 11.1 Å². The molecular formula is C15H13ClF5NO2. The lowest BCUT2D eigenvalue weighted by molar-refractivity contribution is -0.274. The van der Waals surface area contributed by atoms with E-state index in [1.54, 1.807) is 0 Å². The van der Waals surface area contributed by atoms with Gasteiger partial charge in [0.25, 0.3) is 0 Å². The van der Waals surface area contributed by atoms with Gasteiger partial charge in [0.1, 0.15) is 11.5 Å². The summed E-state index contributed by atoms with van der Waals surface area (Å²) in [6.07, 6.45) is -4.76. The maximum Gasteiger partial charge on any atom is 0.573 e. The fourth-order valence-electron chi connectivity index (χ4n) is 1.93. The van der Waals surface area contributed by atoms with E-state index in [1.165, 1.54) is 36.4 Å². The smallest absolute Gasteiger partial charge is 0.435 e. The molecule has 2 aromatic carbocycles. The Labute approximate surface area is 140 Å². The van der Waals surface area contributed by atoms with Crippen LogP contribution in [0.4, 0.5) is 22.0 Å². The first kappa shape index (κ1) is 20.0. The summed E-state index contributed by atoms with van der Waals surface area (Å²) in [5.74, 6) is -0.362. The Balaban J connectivity index is 0.00000288. The van der Waals surface area contributed by atoms with Gasteiger partial charge in [0, 0.05) is 0 Å². The molecule has 0 saturated heterocycles. The average Bonchev–Trinajstić information content (AvgIpc) is 2.46. The minimum Gasteiger partial charge on any atom is -0.435 e. The summed E-state index contributed by atoms with van der Waals surface area (Å²) in [6, 6.07) is 10.1. The van der Waals surface area contributed by atoms with Crippen LogP contribution in [0.5, 0.6) is 11.5 Å². The van der Waals surface area contributed by atoms with Crippen LogP contribution in [0.25, 0.3) is 0 Å². The summed E-state index contributed by atoms with van der Waals surface area (Å²) >= 11 is 0. The van der Waals surface area contributed by atoms with Gasteiger partial charge in [-0.25, -0.2) is 0 Å². The van der Waals surface area contributed by atoms with Crippen molar-refractivity contribution in [3.05, 3.63) is 59.7 Å². The van der Waals surface area contributed by atoms with Gasteiger partial charge in [-0.15, -0.1) is 25.6 Å². The Hall–Kier alpha value is -2.06. The van der Waals surface area contributed by atoms with Gasteiger partial charge in [0.15, 0.2) is 0 Å². The second kappa shape index (κ2) is 8.16. The third-order valence-electron chi connectivity index (χ3n) is 2.94. The third-order valence-corrected chi connectivity index (χ3v) is 2.94. The molecule has 2 rings (SSSR count). The third kappa shape index (κ3) is 5.86. The fraction of sp³-hybridized carbons (Fsp3) is 0.200. The van der Waals surface area contributed by atoms with E-state index in [9.17, 15) is 22.0 Å². The van der Waals surface area contributed by atoms with Crippen LogP contribution in [-0.4, -0.2) is 13.0 Å². The largest absolute Gasteiger partial charge is 0.573 e. The van der Waals surface area contributed by atoms with Crippen LogP contribution >= 0.6 is 12.4 Å². The number of alkyl halides is 5. The van der Waals surface area contributed by atoms with Crippen molar-refractivity contribution < 1.29 is 31.4 Å². The van der Waals surface area contributed by atoms with Crippen LogP contribution < -0.4 is 15.2 Å². The maximum absolute atomic E-state index is 12.1. The van der Waals surface area contributed by atoms with Crippen LogP contribution in [0.3, 0.4) is 0 Å². The molecule has 0 bridgehead atoms. The molecule has 1 atom stereocenters. The molecule has 0 aliphatic rings. The number of benzene rings is 2. The highest BCUT2D eigenvalue weighted by Crippen LogP contribution is 2.27. The van der Waals surface area contributed by atoms with Crippen molar-refractivity contribution in [3.63, 3.8) is 0 Å². The molecular weight excluding hydrogens is 357 g/mol. The number of nitrogens with two attached hydrogens (primary N) is 1. The first-order valence-corrected chi connectivity index (χ1v) is 6.40. The molecule has 24 heavy (non-hydrogen) atoms. The molecule has 0 heterocycles. The summed E-state index contributed by atoms with van der Waals surface area (Å²) in [7, 11) is 0. The predicted molar refractivity (Wildman–Crippen MR) is 79.5 cm³/mol. The number of hydrogen-bond acceptors (Lipinski definition) is 3. The summed E-state index contributed by atoms with van der Waals surface area (Å²) in [5, 5.41) is 0. The molecule has 2 N–H and O–H groups in total. The van der Waals surface area contributed by atoms with Gasteiger partial charge in [-0.3, -0.25) is 0 Å². The molecule has 9 heteroatoms. The zero-order chi connectivity index (χ0) is 17.0. The topological polar surface area (TPSA) is 44.5 Å². The molecule has 0 spiro atoms. The van der Waals surface area contributed by atoms with Crippen molar-refractivity contribution in [2.45, 2.75) is 19.0 Å². The molecule has 0 aromatic heterocycles. The van der Waals surface area contributed by atoms with Gasteiger partial charge in [-0.1, -0.05) is 24.3 Å². The molecule has 0 aliphatic heterocycles. The predicted octanol–water partition coefficient (Wildman–Crippen LogP) is 4.66.